The Labute approximate surface area is 173 Å². The highest BCUT2D eigenvalue weighted by molar-refractivity contribution is 5.88. The number of nitrogens with one attached hydrogen (secondary N) is 1. The Morgan fingerprint density at radius 1 is 1.24 bits per heavy atom. The quantitative estimate of drug-likeness (QED) is 0.691. The van der Waals surface area contributed by atoms with Crippen LogP contribution in [0.5, 0.6) is 0 Å². The number of aromatic nitrogens is 2. The lowest BCUT2D eigenvalue weighted by molar-refractivity contribution is 0.0525. The number of piperidine rings is 1. The molecule has 2 heterocycles. The largest absolute Gasteiger partial charge is 0.462 e. The molecule has 0 amide bonds. The summed E-state index contributed by atoms with van der Waals surface area (Å²) in [5.74, 6) is 0.959. The maximum Gasteiger partial charge on any atom is 0.341 e. The molecule has 0 bridgehead atoms. The third-order valence-corrected chi connectivity index (χ3v) is 5.15. The Morgan fingerprint density at radius 3 is 2.59 bits per heavy atom. The van der Waals surface area contributed by atoms with Crippen LogP contribution >= 0.6 is 0 Å². The van der Waals surface area contributed by atoms with Gasteiger partial charge in [-0.3, -0.25) is 0 Å². The molecule has 1 aliphatic rings. The fourth-order valence-corrected chi connectivity index (χ4v) is 3.38. The molecule has 1 aliphatic heterocycles. The first kappa shape index (κ1) is 21.0. The molecule has 6 nitrogen and oxygen atoms in total. The number of nitrogens with zero attached hydrogens (tertiary/aromatic N) is 3. The molecule has 0 saturated carbocycles. The lowest BCUT2D eigenvalue weighted by Crippen LogP contribution is -2.39. The summed E-state index contributed by atoms with van der Waals surface area (Å²) in [5, 5.41) is 3.62. The summed E-state index contributed by atoms with van der Waals surface area (Å²) in [7, 11) is 0. The van der Waals surface area contributed by atoms with Crippen molar-refractivity contribution in [2.45, 2.75) is 32.7 Å². The van der Waals surface area contributed by atoms with Gasteiger partial charge in [0.05, 0.1) is 12.2 Å². The van der Waals surface area contributed by atoms with Crippen LogP contribution in [-0.2, 0) is 4.74 Å². The molecule has 1 fully saturated rings. The van der Waals surface area contributed by atoms with Crippen LogP contribution in [-0.4, -0.2) is 48.2 Å². The molecule has 1 aromatic carbocycles. The zero-order chi connectivity index (χ0) is 20.5. The summed E-state index contributed by atoms with van der Waals surface area (Å²) < 4.78 is 4.97. The minimum absolute atomic E-state index is 0.340. The lowest BCUT2D eigenvalue weighted by Gasteiger charge is -2.32. The molecule has 29 heavy (non-hydrogen) atoms. The number of ether oxygens (including phenoxy) is 1. The highest BCUT2D eigenvalue weighted by Crippen LogP contribution is 2.20. The number of hydrogen-bond donors (Lipinski definition) is 1. The van der Waals surface area contributed by atoms with Crippen LogP contribution in [0.2, 0.25) is 0 Å². The van der Waals surface area contributed by atoms with Gasteiger partial charge in [0.25, 0.3) is 0 Å². The van der Waals surface area contributed by atoms with Crippen molar-refractivity contribution in [3.8, 4) is 0 Å². The van der Waals surface area contributed by atoms with Crippen molar-refractivity contribution in [3.63, 3.8) is 0 Å². The molecule has 2 aromatic rings. The normalized spacial score (nSPS) is 16.1. The van der Waals surface area contributed by atoms with Crippen LogP contribution in [0.3, 0.4) is 0 Å². The summed E-state index contributed by atoms with van der Waals surface area (Å²) in [4.78, 5) is 22.6. The second-order valence-corrected chi connectivity index (χ2v) is 7.39. The van der Waals surface area contributed by atoms with Crippen LogP contribution in [0.4, 0.5) is 5.95 Å². The fraction of sp³-hybridized carbons (Fsp3) is 0.435. The van der Waals surface area contributed by atoms with E-state index in [1.54, 1.807) is 19.3 Å². The van der Waals surface area contributed by atoms with E-state index >= 15 is 0 Å². The van der Waals surface area contributed by atoms with Crippen molar-refractivity contribution in [3.05, 3.63) is 59.9 Å². The average Bonchev–Trinajstić information content (AvgIpc) is 2.77. The maximum atomic E-state index is 11.7. The number of rotatable bonds is 8. The van der Waals surface area contributed by atoms with Crippen molar-refractivity contribution >= 4 is 18.0 Å². The van der Waals surface area contributed by atoms with Crippen LogP contribution in [0, 0.1) is 5.92 Å². The standard InChI is InChI=1S/C23H30N4O2/c1-3-29-22(28)21-16-25-23(26-17-21)27-13-11-20(12-14-27)15-24-18(2)9-10-19-7-5-4-6-8-19/h4-10,16-18,20,24H,3,11-15H2,1-2H3/b10-9+. The molecule has 1 aromatic heterocycles. The third-order valence-electron chi connectivity index (χ3n) is 5.15. The van der Waals surface area contributed by atoms with Crippen LogP contribution < -0.4 is 10.2 Å². The summed E-state index contributed by atoms with van der Waals surface area (Å²) >= 11 is 0. The van der Waals surface area contributed by atoms with Gasteiger partial charge in [-0.1, -0.05) is 42.5 Å². The van der Waals surface area contributed by atoms with Gasteiger partial charge in [0.15, 0.2) is 0 Å². The second kappa shape index (κ2) is 10.7. The summed E-state index contributed by atoms with van der Waals surface area (Å²) in [5.41, 5.74) is 1.62. The Kier molecular flexibility index (Phi) is 7.76. The van der Waals surface area contributed by atoms with Crippen molar-refractivity contribution in [2.75, 3.05) is 31.1 Å². The minimum Gasteiger partial charge on any atom is -0.462 e. The monoisotopic (exact) mass is 394 g/mol. The van der Waals surface area contributed by atoms with Gasteiger partial charge in [0.2, 0.25) is 5.95 Å². The first-order valence-corrected chi connectivity index (χ1v) is 10.4. The summed E-state index contributed by atoms with van der Waals surface area (Å²) in [6, 6.07) is 10.7. The molecular formula is C23H30N4O2. The Bertz CT molecular complexity index is 784. The van der Waals surface area contributed by atoms with E-state index in [1.165, 1.54) is 5.56 Å². The molecule has 3 rings (SSSR count). The summed E-state index contributed by atoms with van der Waals surface area (Å²) in [6.07, 6.45) is 9.68. The van der Waals surface area contributed by atoms with E-state index in [4.69, 9.17) is 4.74 Å². The van der Waals surface area contributed by atoms with Gasteiger partial charge in [0, 0.05) is 31.5 Å². The predicted octanol–water partition coefficient (Wildman–Crippen LogP) is 3.56. The maximum absolute atomic E-state index is 11.7. The molecule has 1 atom stereocenters. The highest BCUT2D eigenvalue weighted by Gasteiger charge is 2.21. The van der Waals surface area contributed by atoms with E-state index in [0.717, 1.165) is 32.5 Å². The Balaban J connectivity index is 1.41. The number of benzene rings is 1. The minimum atomic E-state index is -0.376. The molecule has 1 N–H and O–H groups in total. The SMILES string of the molecule is CCOC(=O)c1cnc(N2CCC(CNC(C)/C=C/c3ccccc3)CC2)nc1. The topological polar surface area (TPSA) is 67.3 Å². The highest BCUT2D eigenvalue weighted by atomic mass is 16.5. The van der Waals surface area contributed by atoms with Gasteiger partial charge in [-0.05, 0) is 44.7 Å². The van der Waals surface area contributed by atoms with Crippen molar-refractivity contribution < 1.29 is 9.53 Å². The van der Waals surface area contributed by atoms with E-state index in [0.29, 0.717) is 30.1 Å². The zero-order valence-corrected chi connectivity index (χ0v) is 17.3. The molecule has 6 heteroatoms. The van der Waals surface area contributed by atoms with E-state index in [-0.39, 0.29) is 5.97 Å². The molecule has 154 valence electrons. The number of anilines is 1. The molecule has 1 unspecified atom stereocenters. The smallest absolute Gasteiger partial charge is 0.341 e. The fourth-order valence-electron chi connectivity index (χ4n) is 3.38. The molecule has 0 spiro atoms. The zero-order valence-electron chi connectivity index (χ0n) is 17.3. The van der Waals surface area contributed by atoms with Crippen LogP contribution in [0.15, 0.2) is 48.8 Å². The molecular weight excluding hydrogens is 364 g/mol. The van der Waals surface area contributed by atoms with Gasteiger partial charge in [-0.2, -0.15) is 0 Å². The second-order valence-electron chi connectivity index (χ2n) is 7.39. The van der Waals surface area contributed by atoms with Crippen molar-refractivity contribution in [1.82, 2.24) is 15.3 Å². The number of hydrogen-bond acceptors (Lipinski definition) is 6. The van der Waals surface area contributed by atoms with Gasteiger partial charge >= 0.3 is 5.97 Å². The van der Waals surface area contributed by atoms with E-state index in [2.05, 4.69) is 63.5 Å². The third kappa shape index (κ3) is 6.39. The summed E-state index contributed by atoms with van der Waals surface area (Å²) in [6.45, 7) is 7.19. The van der Waals surface area contributed by atoms with E-state index < -0.39 is 0 Å². The number of esters is 1. The van der Waals surface area contributed by atoms with Crippen LogP contribution in [0.25, 0.3) is 6.08 Å². The van der Waals surface area contributed by atoms with Crippen molar-refractivity contribution in [2.24, 2.45) is 5.92 Å². The number of carbonyl (C=O) groups excluding carboxylic acids is 1. The molecule has 1 saturated heterocycles. The van der Waals surface area contributed by atoms with Crippen molar-refractivity contribution in [1.29, 1.82) is 0 Å². The van der Waals surface area contributed by atoms with Gasteiger partial charge < -0.3 is 15.0 Å². The van der Waals surface area contributed by atoms with Gasteiger partial charge in [-0.15, -0.1) is 0 Å². The van der Waals surface area contributed by atoms with Gasteiger partial charge in [-0.25, -0.2) is 14.8 Å². The number of carbonyl (C=O) groups is 1. The average molecular weight is 395 g/mol. The Morgan fingerprint density at radius 2 is 1.93 bits per heavy atom. The predicted molar refractivity (Wildman–Crippen MR) is 116 cm³/mol. The molecule has 0 aliphatic carbocycles. The molecule has 0 radical (unpaired) electrons. The Hall–Kier alpha value is -2.73. The van der Waals surface area contributed by atoms with E-state index in [9.17, 15) is 4.79 Å². The first-order valence-electron chi connectivity index (χ1n) is 10.4. The first-order chi connectivity index (χ1) is 14.2. The van der Waals surface area contributed by atoms with E-state index in [1.807, 2.05) is 6.07 Å². The lowest BCUT2D eigenvalue weighted by atomic mass is 9.96. The van der Waals surface area contributed by atoms with Gasteiger partial charge in [0.1, 0.15) is 0 Å². The van der Waals surface area contributed by atoms with Crippen LogP contribution in [0.1, 0.15) is 42.6 Å².